The van der Waals surface area contributed by atoms with E-state index < -0.39 is 27.8 Å². The maximum atomic E-state index is 12.8. The Morgan fingerprint density at radius 1 is 0.912 bits per heavy atom. The summed E-state index contributed by atoms with van der Waals surface area (Å²) in [6.45, 7) is 5.71. The number of hydrogen-bond acceptors (Lipinski definition) is 6. The van der Waals surface area contributed by atoms with Crippen molar-refractivity contribution in [1.29, 1.82) is 0 Å². The van der Waals surface area contributed by atoms with Crippen molar-refractivity contribution >= 4 is 27.7 Å². The van der Waals surface area contributed by atoms with Gasteiger partial charge in [-0.05, 0) is 29.2 Å². The van der Waals surface area contributed by atoms with Gasteiger partial charge in [-0.1, -0.05) is 63.2 Å². The predicted molar refractivity (Wildman–Crippen MR) is 128 cm³/mol. The second-order valence-electron chi connectivity index (χ2n) is 8.68. The van der Waals surface area contributed by atoms with Gasteiger partial charge in [-0.15, -0.1) is 0 Å². The maximum Gasteiger partial charge on any atom is 0.306 e. The first-order valence-electron chi connectivity index (χ1n) is 11.1. The molecule has 0 unspecified atom stereocenters. The number of ketones is 1. The Balaban J connectivity index is 1.86. The molecular weight excluding hydrogens is 456 g/mol. The number of sulfonamides is 1. The fourth-order valence-corrected chi connectivity index (χ4v) is 3.84. The lowest BCUT2D eigenvalue weighted by Crippen LogP contribution is -2.35. The van der Waals surface area contributed by atoms with Crippen LogP contribution in [0.5, 0.6) is 0 Å². The number of primary sulfonamides is 1. The van der Waals surface area contributed by atoms with E-state index in [0.717, 1.165) is 5.56 Å². The fraction of sp³-hybridized carbons (Fsp3) is 0.400. The molecule has 8 nitrogen and oxygen atoms in total. The first kappa shape index (κ1) is 27.2. The van der Waals surface area contributed by atoms with Crippen molar-refractivity contribution in [3.63, 3.8) is 0 Å². The number of ether oxygens (including phenoxy) is 1. The number of amides is 1. The zero-order valence-corrected chi connectivity index (χ0v) is 20.5. The molecule has 0 aliphatic rings. The summed E-state index contributed by atoms with van der Waals surface area (Å²) in [5, 5.41) is 7.89. The highest BCUT2D eigenvalue weighted by Gasteiger charge is 2.28. The molecule has 0 fully saturated rings. The van der Waals surface area contributed by atoms with E-state index in [1.165, 1.54) is 12.1 Å². The lowest BCUT2D eigenvalue weighted by Gasteiger charge is -2.21. The molecule has 1 amide bonds. The smallest absolute Gasteiger partial charge is 0.306 e. The fourth-order valence-electron chi connectivity index (χ4n) is 3.33. The minimum Gasteiger partial charge on any atom is -0.461 e. The molecule has 0 aromatic heterocycles. The lowest BCUT2D eigenvalue weighted by molar-refractivity contribution is -0.147. The molecule has 0 radical (unpaired) electrons. The normalized spacial score (nSPS) is 13.2. The molecule has 184 valence electrons. The number of carbonyl (C=O) groups excluding carboxylic acids is 3. The third-order valence-electron chi connectivity index (χ3n) is 5.55. The van der Waals surface area contributed by atoms with Crippen molar-refractivity contribution in [3.8, 4) is 0 Å². The van der Waals surface area contributed by atoms with Crippen LogP contribution in [0.2, 0.25) is 0 Å². The van der Waals surface area contributed by atoms with Crippen molar-refractivity contribution in [1.82, 2.24) is 5.32 Å². The van der Waals surface area contributed by atoms with E-state index >= 15 is 0 Å². The van der Waals surface area contributed by atoms with Crippen LogP contribution in [0.3, 0.4) is 0 Å². The summed E-state index contributed by atoms with van der Waals surface area (Å²) in [6.07, 6.45) is -0.0323. The number of rotatable bonds is 12. The third-order valence-corrected chi connectivity index (χ3v) is 6.48. The molecule has 2 aromatic carbocycles. The summed E-state index contributed by atoms with van der Waals surface area (Å²) in [5.74, 6) is -2.13. The highest BCUT2D eigenvalue weighted by atomic mass is 32.2. The zero-order chi connectivity index (χ0) is 25.3. The van der Waals surface area contributed by atoms with Crippen LogP contribution in [0.4, 0.5) is 0 Å². The maximum absolute atomic E-state index is 12.8. The van der Waals surface area contributed by atoms with E-state index in [1.807, 2.05) is 44.2 Å². The molecule has 0 spiro atoms. The third kappa shape index (κ3) is 8.72. The van der Waals surface area contributed by atoms with Gasteiger partial charge in [-0.2, -0.15) is 0 Å². The Bertz CT molecular complexity index is 1080. The van der Waals surface area contributed by atoms with E-state index in [4.69, 9.17) is 9.88 Å². The molecule has 0 aliphatic heterocycles. The molecule has 0 heterocycles. The molecular formula is C25H32N2O6S. The topological polar surface area (TPSA) is 133 Å². The number of hydrogen-bond donors (Lipinski definition) is 2. The second-order valence-corrected chi connectivity index (χ2v) is 10.2. The summed E-state index contributed by atoms with van der Waals surface area (Å²) in [4.78, 5) is 37.6. The van der Waals surface area contributed by atoms with Crippen molar-refractivity contribution in [2.75, 3.05) is 0 Å². The minimum absolute atomic E-state index is 0.00971. The molecule has 34 heavy (non-hydrogen) atoms. The van der Waals surface area contributed by atoms with Crippen LogP contribution in [-0.2, 0) is 42.3 Å². The first-order chi connectivity index (χ1) is 16.0. The number of benzene rings is 2. The van der Waals surface area contributed by atoms with Gasteiger partial charge >= 0.3 is 5.97 Å². The molecule has 3 N–H and O–H groups in total. The van der Waals surface area contributed by atoms with E-state index in [0.29, 0.717) is 5.56 Å². The van der Waals surface area contributed by atoms with Gasteiger partial charge in [0.2, 0.25) is 15.9 Å². The standard InChI is InChI=1S/C25H32N2O6S/c1-17(2)22(25(30)27-15-19-9-11-21(12-10-19)34(26,31)32)14-23(28)18(3)13-24(29)33-16-20-7-5-4-6-8-20/h4-12,17-18,22H,13-16H2,1-3H3,(H,27,30)(H2,26,31,32)/t18-,22+/m0/s1. The van der Waals surface area contributed by atoms with E-state index in [9.17, 15) is 22.8 Å². The average Bonchev–Trinajstić information content (AvgIpc) is 2.79. The summed E-state index contributed by atoms with van der Waals surface area (Å²) in [5.41, 5.74) is 1.56. The number of Topliss-reactive ketones (excluding diaryl/α,β-unsaturated/α-hetero) is 1. The van der Waals surface area contributed by atoms with E-state index in [2.05, 4.69) is 5.32 Å². The Hall–Kier alpha value is -3.04. The summed E-state index contributed by atoms with van der Waals surface area (Å²) >= 11 is 0. The highest BCUT2D eigenvalue weighted by Crippen LogP contribution is 2.20. The summed E-state index contributed by atoms with van der Waals surface area (Å²) in [7, 11) is -3.78. The van der Waals surface area contributed by atoms with Gasteiger partial charge in [0.05, 0.1) is 11.3 Å². The molecule has 9 heteroatoms. The molecule has 2 rings (SSSR count). The molecule has 0 saturated carbocycles. The quantitative estimate of drug-likeness (QED) is 0.441. The van der Waals surface area contributed by atoms with Gasteiger partial charge in [0.1, 0.15) is 12.4 Å². The van der Waals surface area contributed by atoms with Crippen LogP contribution >= 0.6 is 0 Å². The average molecular weight is 489 g/mol. The van der Waals surface area contributed by atoms with Gasteiger partial charge in [-0.25, -0.2) is 13.6 Å². The Morgan fingerprint density at radius 3 is 2.09 bits per heavy atom. The molecule has 0 aliphatic carbocycles. The van der Waals surface area contributed by atoms with Crippen LogP contribution < -0.4 is 10.5 Å². The lowest BCUT2D eigenvalue weighted by atomic mass is 9.86. The van der Waals surface area contributed by atoms with Crippen molar-refractivity contribution in [2.24, 2.45) is 22.9 Å². The van der Waals surface area contributed by atoms with E-state index in [-0.39, 0.29) is 48.5 Å². The summed E-state index contributed by atoms with van der Waals surface area (Å²) in [6, 6.07) is 15.2. The monoisotopic (exact) mass is 488 g/mol. The van der Waals surface area contributed by atoms with Crippen LogP contribution in [0.25, 0.3) is 0 Å². The van der Waals surface area contributed by atoms with Crippen LogP contribution in [0, 0.1) is 17.8 Å². The molecule has 0 saturated heterocycles. The predicted octanol–water partition coefficient (Wildman–Crippen LogP) is 2.95. The SMILES string of the molecule is CC(C)[C@@H](CC(=O)[C@@H](C)CC(=O)OCc1ccccc1)C(=O)NCc1ccc(S(N)(=O)=O)cc1. The van der Waals surface area contributed by atoms with Gasteiger partial charge in [0, 0.05) is 24.8 Å². The molecule has 2 aromatic rings. The van der Waals surface area contributed by atoms with Crippen LogP contribution in [0.15, 0.2) is 59.5 Å². The highest BCUT2D eigenvalue weighted by molar-refractivity contribution is 7.89. The molecule has 0 bridgehead atoms. The second kappa shape index (κ2) is 12.4. The van der Waals surface area contributed by atoms with E-state index in [1.54, 1.807) is 19.1 Å². The number of carbonyl (C=O) groups is 3. The number of nitrogens with two attached hydrogens (primary N) is 1. The minimum atomic E-state index is -3.78. The van der Waals surface area contributed by atoms with Gasteiger partial charge < -0.3 is 10.1 Å². The van der Waals surface area contributed by atoms with Gasteiger partial charge in [0.25, 0.3) is 0 Å². The number of nitrogens with one attached hydrogen (secondary N) is 1. The van der Waals surface area contributed by atoms with Gasteiger partial charge in [0.15, 0.2) is 0 Å². The Labute approximate surface area is 200 Å². The Morgan fingerprint density at radius 2 is 1.53 bits per heavy atom. The molecule has 2 atom stereocenters. The van der Waals surface area contributed by atoms with Crippen molar-refractivity contribution in [2.45, 2.75) is 51.7 Å². The number of esters is 1. The van der Waals surface area contributed by atoms with Crippen LogP contribution in [-0.4, -0.2) is 26.1 Å². The Kier molecular flexibility index (Phi) is 9.95. The first-order valence-corrected chi connectivity index (χ1v) is 12.6. The zero-order valence-electron chi connectivity index (χ0n) is 19.7. The van der Waals surface area contributed by atoms with Crippen molar-refractivity contribution in [3.05, 3.63) is 65.7 Å². The van der Waals surface area contributed by atoms with Crippen molar-refractivity contribution < 1.29 is 27.5 Å². The van der Waals surface area contributed by atoms with Gasteiger partial charge in [-0.3, -0.25) is 14.4 Å². The van der Waals surface area contributed by atoms with Crippen LogP contribution in [0.1, 0.15) is 44.7 Å². The summed E-state index contributed by atoms with van der Waals surface area (Å²) < 4.78 is 27.9. The largest absolute Gasteiger partial charge is 0.461 e.